The average molecular weight is 279 g/mol. The molecule has 0 spiro atoms. The van der Waals surface area contributed by atoms with Gasteiger partial charge in [0.25, 0.3) is 5.91 Å². The maximum Gasteiger partial charge on any atom is 0.257 e. The van der Waals surface area contributed by atoms with Crippen LogP contribution in [0.2, 0.25) is 0 Å². The third kappa shape index (κ3) is 2.81. The van der Waals surface area contributed by atoms with Crippen LogP contribution in [0.4, 0.5) is 0 Å². The lowest BCUT2D eigenvalue weighted by atomic mass is 9.85. The highest BCUT2D eigenvalue weighted by Crippen LogP contribution is 2.33. The van der Waals surface area contributed by atoms with Gasteiger partial charge in [-0.2, -0.15) is 16.9 Å². The molecule has 1 amide bonds. The van der Waals surface area contributed by atoms with E-state index in [9.17, 15) is 4.79 Å². The molecule has 1 aromatic rings. The number of rotatable bonds is 2. The third-order valence-corrected chi connectivity index (χ3v) is 5.15. The summed E-state index contributed by atoms with van der Waals surface area (Å²) in [5.74, 6) is 2.80. The highest BCUT2D eigenvalue weighted by atomic mass is 32.2. The Bertz CT molecular complexity index is 434. The van der Waals surface area contributed by atoms with Crippen LogP contribution in [0, 0.1) is 0 Å². The van der Waals surface area contributed by atoms with Crippen molar-refractivity contribution in [3.63, 3.8) is 0 Å². The Hall–Kier alpha value is -0.970. The van der Waals surface area contributed by atoms with Crippen molar-refractivity contribution in [1.29, 1.82) is 0 Å². The number of hydrogen-bond acceptors (Lipinski definition) is 3. The first-order chi connectivity index (χ1) is 9.36. The van der Waals surface area contributed by atoms with Gasteiger partial charge in [-0.1, -0.05) is 19.3 Å². The first kappa shape index (κ1) is 13.0. The molecular formula is C14H21N3OS. The number of thioether (sulfide) groups is 1. The summed E-state index contributed by atoms with van der Waals surface area (Å²) in [6.45, 7) is 1.75. The van der Waals surface area contributed by atoms with E-state index in [4.69, 9.17) is 0 Å². The lowest BCUT2D eigenvalue weighted by Gasteiger charge is -2.27. The Morgan fingerprint density at radius 2 is 2.00 bits per heavy atom. The van der Waals surface area contributed by atoms with Crippen LogP contribution in [-0.4, -0.2) is 45.6 Å². The Balaban J connectivity index is 1.76. The number of aromatic nitrogens is 2. The van der Waals surface area contributed by atoms with E-state index in [1.807, 2.05) is 16.7 Å². The van der Waals surface area contributed by atoms with E-state index in [1.54, 1.807) is 6.20 Å². The van der Waals surface area contributed by atoms with Crippen molar-refractivity contribution in [2.45, 2.75) is 38.0 Å². The number of aromatic amines is 1. The van der Waals surface area contributed by atoms with Gasteiger partial charge in [0, 0.05) is 30.5 Å². The lowest BCUT2D eigenvalue weighted by molar-refractivity contribution is 0.0770. The quantitative estimate of drug-likeness (QED) is 0.905. The van der Waals surface area contributed by atoms with Crippen molar-refractivity contribution >= 4 is 17.7 Å². The van der Waals surface area contributed by atoms with Crippen LogP contribution in [-0.2, 0) is 0 Å². The van der Waals surface area contributed by atoms with E-state index in [0.717, 1.165) is 35.9 Å². The van der Waals surface area contributed by atoms with Crippen LogP contribution < -0.4 is 0 Å². The van der Waals surface area contributed by atoms with Crippen molar-refractivity contribution in [2.75, 3.05) is 24.6 Å². The Morgan fingerprint density at radius 3 is 2.74 bits per heavy atom. The molecule has 2 aliphatic rings. The van der Waals surface area contributed by atoms with Gasteiger partial charge in [0.05, 0.1) is 17.5 Å². The lowest BCUT2D eigenvalue weighted by Crippen LogP contribution is -2.38. The summed E-state index contributed by atoms with van der Waals surface area (Å²) in [5.41, 5.74) is 1.90. The molecule has 1 aliphatic heterocycles. The predicted octanol–water partition coefficient (Wildman–Crippen LogP) is 2.65. The summed E-state index contributed by atoms with van der Waals surface area (Å²) in [5, 5.41) is 7.23. The number of carbonyl (C=O) groups excluding carboxylic acids is 1. The Labute approximate surface area is 118 Å². The zero-order valence-corrected chi connectivity index (χ0v) is 12.0. The molecular weight excluding hydrogens is 258 g/mol. The van der Waals surface area contributed by atoms with Crippen LogP contribution in [0.15, 0.2) is 6.20 Å². The van der Waals surface area contributed by atoms with Gasteiger partial charge < -0.3 is 4.90 Å². The number of amides is 1. The molecule has 19 heavy (non-hydrogen) atoms. The first-order valence-electron chi connectivity index (χ1n) is 7.26. The van der Waals surface area contributed by atoms with Crippen LogP contribution in [0.1, 0.15) is 54.1 Å². The van der Waals surface area contributed by atoms with E-state index < -0.39 is 0 Å². The molecule has 0 aromatic carbocycles. The van der Waals surface area contributed by atoms with Gasteiger partial charge in [-0.05, 0) is 12.8 Å². The number of carbonyl (C=O) groups is 1. The van der Waals surface area contributed by atoms with Gasteiger partial charge in [-0.25, -0.2) is 0 Å². The molecule has 3 rings (SSSR count). The zero-order valence-electron chi connectivity index (χ0n) is 11.2. The SMILES string of the molecule is O=C(c1cn[nH]c1C1CCCCC1)N1CCSCC1. The van der Waals surface area contributed by atoms with Gasteiger partial charge in [-0.3, -0.25) is 9.89 Å². The molecule has 1 saturated heterocycles. The van der Waals surface area contributed by atoms with Gasteiger partial charge >= 0.3 is 0 Å². The summed E-state index contributed by atoms with van der Waals surface area (Å²) in [4.78, 5) is 14.6. The second-order valence-corrected chi connectivity index (χ2v) is 6.66. The Kier molecular flexibility index (Phi) is 4.11. The molecule has 0 unspecified atom stereocenters. The molecule has 0 radical (unpaired) electrons. The summed E-state index contributed by atoms with van der Waals surface area (Å²) >= 11 is 1.93. The van der Waals surface area contributed by atoms with Crippen LogP contribution >= 0.6 is 11.8 Å². The van der Waals surface area contributed by atoms with Gasteiger partial charge in [-0.15, -0.1) is 0 Å². The second-order valence-electron chi connectivity index (χ2n) is 5.44. The minimum absolute atomic E-state index is 0.176. The van der Waals surface area contributed by atoms with E-state index in [0.29, 0.717) is 5.92 Å². The third-order valence-electron chi connectivity index (χ3n) is 4.21. The molecule has 2 heterocycles. The highest BCUT2D eigenvalue weighted by Gasteiger charge is 2.26. The van der Waals surface area contributed by atoms with Gasteiger partial charge in [0.2, 0.25) is 0 Å². The van der Waals surface area contributed by atoms with Crippen molar-refractivity contribution < 1.29 is 4.79 Å². The molecule has 1 N–H and O–H groups in total. The molecule has 104 valence electrons. The molecule has 0 atom stereocenters. The number of nitrogens with one attached hydrogen (secondary N) is 1. The minimum atomic E-state index is 0.176. The molecule has 0 bridgehead atoms. The fourth-order valence-corrected chi connectivity index (χ4v) is 4.01. The largest absolute Gasteiger partial charge is 0.337 e. The van der Waals surface area contributed by atoms with Crippen molar-refractivity contribution in [2.24, 2.45) is 0 Å². The molecule has 5 heteroatoms. The summed E-state index contributed by atoms with van der Waals surface area (Å²) < 4.78 is 0. The summed E-state index contributed by atoms with van der Waals surface area (Å²) in [6, 6.07) is 0. The second kappa shape index (κ2) is 5.99. The standard InChI is InChI=1S/C14H21N3OS/c18-14(17-6-8-19-9-7-17)12-10-15-16-13(12)11-4-2-1-3-5-11/h10-11H,1-9H2,(H,15,16). The van der Waals surface area contributed by atoms with Crippen LogP contribution in [0.3, 0.4) is 0 Å². The predicted molar refractivity (Wildman–Crippen MR) is 77.6 cm³/mol. The van der Waals surface area contributed by atoms with E-state index in [2.05, 4.69) is 10.2 Å². The number of nitrogens with zero attached hydrogens (tertiary/aromatic N) is 2. The monoisotopic (exact) mass is 279 g/mol. The smallest absolute Gasteiger partial charge is 0.257 e. The number of hydrogen-bond donors (Lipinski definition) is 1. The van der Waals surface area contributed by atoms with E-state index >= 15 is 0 Å². The topological polar surface area (TPSA) is 49.0 Å². The van der Waals surface area contributed by atoms with Gasteiger partial charge in [0.1, 0.15) is 0 Å². The van der Waals surface area contributed by atoms with E-state index in [-0.39, 0.29) is 5.91 Å². The number of H-pyrrole nitrogens is 1. The van der Waals surface area contributed by atoms with Crippen LogP contribution in [0.5, 0.6) is 0 Å². The molecule has 1 aromatic heterocycles. The fraction of sp³-hybridized carbons (Fsp3) is 0.714. The van der Waals surface area contributed by atoms with Crippen LogP contribution in [0.25, 0.3) is 0 Å². The minimum Gasteiger partial charge on any atom is -0.337 e. The first-order valence-corrected chi connectivity index (χ1v) is 8.42. The van der Waals surface area contributed by atoms with Crippen molar-refractivity contribution in [3.05, 3.63) is 17.5 Å². The van der Waals surface area contributed by atoms with E-state index in [1.165, 1.54) is 32.1 Å². The van der Waals surface area contributed by atoms with Crippen molar-refractivity contribution in [1.82, 2.24) is 15.1 Å². The zero-order chi connectivity index (χ0) is 13.1. The summed E-state index contributed by atoms with van der Waals surface area (Å²) in [7, 11) is 0. The maximum atomic E-state index is 12.6. The molecule has 2 fully saturated rings. The Morgan fingerprint density at radius 1 is 1.26 bits per heavy atom. The highest BCUT2D eigenvalue weighted by molar-refractivity contribution is 7.99. The van der Waals surface area contributed by atoms with Crippen molar-refractivity contribution in [3.8, 4) is 0 Å². The molecule has 1 aliphatic carbocycles. The molecule has 4 nitrogen and oxygen atoms in total. The normalized spacial score (nSPS) is 21.6. The summed E-state index contributed by atoms with van der Waals surface area (Å²) in [6.07, 6.45) is 8.00. The van der Waals surface area contributed by atoms with Gasteiger partial charge in [0.15, 0.2) is 0 Å². The molecule has 1 saturated carbocycles. The average Bonchev–Trinajstić information content (AvgIpc) is 2.98. The fourth-order valence-electron chi connectivity index (χ4n) is 3.11. The maximum absolute atomic E-state index is 12.6.